The van der Waals surface area contributed by atoms with Gasteiger partial charge in [-0.3, -0.25) is 4.79 Å². The molecule has 0 aromatic carbocycles. The van der Waals surface area contributed by atoms with Crippen molar-refractivity contribution in [3.63, 3.8) is 0 Å². The molecule has 0 aliphatic carbocycles. The second-order valence-electron chi connectivity index (χ2n) is 3.43. The third-order valence-corrected chi connectivity index (χ3v) is 2.28. The van der Waals surface area contributed by atoms with Crippen LogP contribution < -0.4 is 16.0 Å². The zero-order chi connectivity index (χ0) is 10.7. The van der Waals surface area contributed by atoms with Crippen molar-refractivity contribution in [3.05, 3.63) is 12.5 Å². The Balaban J connectivity index is 2.22. The molecule has 1 aromatic heterocycles. The van der Waals surface area contributed by atoms with Crippen molar-refractivity contribution < 1.29 is 4.79 Å². The van der Waals surface area contributed by atoms with Gasteiger partial charge >= 0.3 is 0 Å². The lowest BCUT2D eigenvalue weighted by Gasteiger charge is -2.20. The molecule has 1 saturated heterocycles. The smallest absolute Gasteiger partial charge is 0.239 e. The first-order valence-electron chi connectivity index (χ1n) is 4.84. The molecule has 6 nitrogen and oxygen atoms in total. The lowest BCUT2D eigenvalue weighted by molar-refractivity contribution is -0.119. The number of rotatable bonds is 1. The summed E-state index contributed by atoms with van der Waals surface area (Å²) in [4.78, 5) is 21.1. The summed E-state index contributed by atoms with van der Waals surface area (Å²) >= 11 is 0. The maximum Gasteiger partial charge on any atom is 0.239 e. The quantitative estimate of drug-likeness (QED) is 0.641. The van der Waals surface area contributed by atoms with E-state index in [0.29, 0.717) is 24.6 Å². The van der Waals surface area contributed by atoms with Gasteiger partial charge in [0.05, 0.1) is 18.4 Å². The van der Waals surface area contributed by atoms with E-state index >= 15 is 0 Å². The van der Waals surface area contributed by atoms with E-state index in [0.717, 1.165) is 13.0 Å². The van der Waals surface area contributed by atoms with Crippen LogP contribution in [0.15, 0.2) is 12.5 Å². The van der Waals surface area contributed by atoms with Crippen molar-refractivity contribution in [1.82, 2.24) is 15.3 Å². The van der Waals surface area contributed by atoms with Crippen LogP contribution in [0.1, 0.15) is 6.42 Å². The molecule has 2 rings (SSSR count). The predicted octanol–water partition coefficient (Wildman–Crippen LogP) is -0.615. The monoisotopic (exact) mass is 207 g/mol. The first-order valence-corrected chi connectivity index (χ1v) is 4.84. The van der Waals surface area contributed by atoms with E-state index in [1.54, 1.807) is 6.20 Å². The van der Waals surface area contributed by atoms with Gasteiger partial charge in [-0.2, -0.15) is 0 Å². The lowest BCUT2D eigenvalue weighted by atomic mass is 10.3. The van der Waals surface area contributed by atoms with E-state index in [2.05, 4.69) is 15.3 Å². The zero-order valence-corrected chi connectivity index (χ0v) is 8.31. The number of anilines is 2. The molecule has 2 heterocycles. The van der Waals surface area contributed by atoms with Crippen molar-refractivity contribution in [3.8, 4) is 0 Å². The second-order valence-corrected chi connectivity index (χ2v) is 3.43. The minimum Gasteiger partial charge on any atom is -0.394 e. The van der Waals surface area contributed by atoms with Gasteiger partial charge in [0.1, 0.15) is 6.33 Å². The van der Waals surface area contributed by atoms with Crippen molar-refractivity contribution in [2.24, 2.45) is 0 Å². The van der Waals surface area contributed by atoms with Gasteiger partial charge in [0.25, 0.3) is 0 Å². The van der Waals surface area contributed by atoms with Crippen molar-refractivity contribution in [2.45, 2.75) is 6.42 Å². The lowest BCUT2D eigenvalue weighted by Crippen LogP contribution is -2.33. The Morgan fingerprint density at radius 1 is 1.53 bits per heavy atom. The van der Waals surface area contributed by atoms with E-state index in [-0.39, 0.29) is 5.91 Å². The Kier molecular flexibility index (Phi) is 2.66. The maximum absolute atomic E-state index is 11.3. The Labute approximate surface area is 87.5 Å². The number of hydrogen-bond acceptors (Lipinski definition) is 5. The summed E-state index contributed by atoms with van der Waals surface area (Å²) in [6.07, 6.45) is 3.88. The topological polar surface area (TPSA) is 84.1 Å². The molecule has 1 amide bonds. The number of nitrogen functional groups attached to an aromatic ring is 1. The molecule has 1 fully saturated rings. The molecular weight excluding hydrogens is 194 g/mol. The van der Waals surface area contributed by atoms with Crippen LogP contribution in [-0.4, -0.2) is 35.5 Å². The number of nitrogens with two attached hydrogens (primary N) is 1. The van der Waals surface area contributed by atoms with Crippen molar-refractivity contribution in [2.75, 3.05) is 30.3 Å². The van der Waals surface area contributed by atoms with Gasteiger partial charge in [0.15, 0.2) is 5.82 Å². The SMILES string of the molecule is Nc1cncnc1N1CCCNC(=O)C1. The van der Waals surface area contributed by atoms with Gasteiger partial charge in [-0.05, 0) is 6.42 Å². The Hall–Kier alpha value is -1.85. The summed E-state index contributed by atoms with van der Waals surface area (Å²) in [5.74, 6) is 0.646. The summed E-state index contributed by atoms with van der Waals surface area (Å²) in [6.45, 7) is 1.79. The predicted molar refractivity (Wildman–Crippen MR) is 56.3 cm³/mol. The molecule has 80 valence electrons. The molecule has 3 N–H and O–H groups in total. The molecule has 0 bridgehead atoms. The van der Waals surface area contributed by atoms with Crippen LogP contribution >= 0.6 is 0 Å². The molecule has 1 aliphatic heterocycles. The first-order chi connectivity index (χ1) is 7.27. The van der Waals surface area contributed by atoms with E-state index < -0.39 is 0 Å². The number of aromatic nitrogens is 2. The molecule has 15 heavy (non-hydrogen) atoms. The van der Waals surface area contributed by atoms with Gasteiger partial charge in [0, 0.05) is 13.1 Å². The summed E-state index contributed by atoms with van der Waals surface area (Å²) in [7, 11) is 0. The largest absolute Gasteiger partial charge is 0.394 e. The van der Waals surface area contributed by atoms with Crippen LogP contribution in [0.3, 0.4) is 0 Å². The number of amides is 1. The van der Waals surface area contributed by atoms with E-state index in [1.165, 1.54) is 6.33 Å². The Morgan fingerprint density at radius 2 is 2.40 bits per heavy atom. The highest BCUT2D eigenvalue weighted by Crippen LogP contribution is 2.18. The van der Waals surface area contributed by atoms with E-state index in [9.17, 15) is 4.79 Å². The fraction of sp³-hybridized carbons (Fsp3) is 0.444. The van der Waals surface area contributed by atoms with Gasteiger partial charge in [-0.25, -0.2) is 9.97 Å². The highest BCUT2D eigenvalue weighted by atomic mass is 16.2. The number of nitrogens with one attached hydrogen (secondary N) is 1. The number of carbonyl (C=O) groups is 1. The maximum atomic E-state index is 11.3. The third-order valence-electron chi connectivity index (χ3n) is 2.28. The van der Waals surface area contributed by atoms with Crippen molar-refractivity contribution >= 4 is 17.4 Å². The zero-order valence-electron chi connectivity index (χ0n) is 8.31. The highest BCUT2D eigenvalue weighted by Gasteiger charge is 2.17. The summed E-state index contributed by atoms with van der Waals surface area (Å²) in [5, 5.41) is 2.80. The normalized spacial score (nSPS) is 17.1. The summed E-state index contributed by atoms with van der Waals surface area (Å²) in [5.41, 5.74) is 6.26. The fourth-order valence-corrected chi connectivity index (χ4v) is 1.58. The van der Waals surface area contributed by atoms with Crippen LogP contribution in [0.4, 0.5) is 11.5 Å². The number of carbonyl (C=O) groups excluding carboxylic acids is 1. The molecule has 0 saturated carbocycles. The molecule has 0 spiro atoms. The standard InChI is InChI=1S/C9H13N5O/c10-7-4-11-6-13-9(7)14-3-1-2-12-8(15)5-14/h4,6H,1-3,5,10H2,(H,12,15). The summed E-state index contributed by atoms with van der Waals surface area (Å²) in [6, 6.07) is 0. The van der Waals surface area contributed by atoms with E-state index in [4.69, 9.17) is 5.73 Å². The van der Waals surface area contributed by atoms with Gasteiger partial charge < -0.3 is 16.0 Å². The van der Waals surface area contributed by atoms with Gasteiger partial charge in [0.2, 0.25) is 5.91 Å². The summed E-state index contributed by atoms with van der Waals surface area (Å²) < 4.78 is 0. The minimum atomic E-state index is 0.00510. The van der Waals surface area contributed by atoms with Crippen LogP contribution in [-0.2, 0) is 4.79 Å². The molecular formula is C9H13N5O. The highest BCUT2D eigenvalue weighted by molar-refractivity contribution is 5.82. The Bertz CT molecular complexity index is 367. The second kappa shape index (κ2) is 4.12. The number of hydrogen-bond donors (Lipinski definition) is 2. The first kappa shape index (κ1) is 9.70. The van der Waals surface area contributed by atoms with Gasteiger partial charge in [-0.15, -0.1) is 0 Å². The average Bonchev–Trinajstić information content (AvgIpc) is 2.43. The van der Waals surface area contributed by atoms with Crippen LogP contribution in [0.2, 0.25) is 0 Å². The molecule has 0 unspecified atom stereocenters. The number of nitrogens with zero attached hydrogens (tertiary/aromatic N) is 3. The van der Waals surface area contributed by atoms with Crippen molar-refractivity contribution in [1.29, 1.82) is 0 Å². The minimum absolute atomic E-state index is 0.00510. The molecule has 0 atom stereocenters. The Morgan fingerprint density at radius 3 is 3.20 bits per heavy atom. The molecule has 0 radical (unpaired) electrons. The molecule has 1 aromatic rings. The third kappa shape index (κ3) is 2.15. The fourth-order valence-electron chi connectivity index (χ4n) is 1.58. The van der Waals surface area contributed by atoms with Crippen LogP contribution in [0, 0.1) is 0 Å². The van der Waals surface area contributed by atoms with Gasteiger partial charge in [-0.1, -0.05) is 0 Å². The average molecular weight is 207 g/mol. The molecule has 6 heteroatoms. The van der Waals surface area contributed by atoms with Crippen LogP contribution in [0.25, 0.3) is 0 Å². The van der Waals surface area contributed by atoms with E-state index in [1.807, 2.05) is 4.90 Å². The molecule has 1 aliphatic rings. The van der Waals surface area contributed by atoms with Crippen LogP contribution in [0.5, 0.6) is 0 Å².